The van der Waals surface area contributed by atoms with Crippen LogP contribution in [0.25, 0.3) is 11.1 Å². The zero-order chi connectivity index (χ0) is 26.4. The number of carbonyl (C=O) groups is 2. The molecule has 0 spiro atoms. The van der Waals surface area contributed by atoms with Crippen LogP contribution < -0.4 is 15.4 Å². The standard InChI is InChI=1S/C29H37F2N3O3/c1-29(2,31)19-34-15-11-20(12-16-34)18-37-26-8-7-22(17-25(26)30)23-5-3-4-6-24(23)28(36)33-27(35)21-9-13-32-14-10-21/h3-8,17,20-21,32H,9-16,18-19H2,1-2H3,(H,33,35,36). The van der Waals surface area contributed by atoms with Crippen LogP contribution in [-0.4, -0.2) is 61.7 Å². The number of amides is 2. The zero-order valence-corrected chi connectivity index (χ0v) is 21.7. The minimum Gasteiger partial charge on any atom is -0.490 e. The molecule has 2 amide bonds. The molecule has 0 radical (unpaired) electrons. The van der Waals surface area contributed by atoms with Gasteiger partial charge < -0.3 is 15.0 Å². The van der Waals surface area contributed by atoms with Gasteiger partial charge in [-0.1, -0.05) is 24.3 Å². The largest absolute Gasteiger partial charge is 0.490 e. The molecule has 4 rings (SSSR count). The first-order valence-corrected chi connectivity index (χ1v) is 13.2. The first kappa shape index (κ1) is 27.2. The van der Waals surface area contributed by atoms with Gasteiger partial charge in [0.15, 0.2) is 11.6 Å². The molecular weight excluding hydrogens is 476 g/mol. The number of piperidine rings is 2. The van der Waals surface area contributed by atoms with Crippen LogP contribution in [0.5, 0.6) is 5.75 Å². The van der Waals surface area contributed by atoms with Gasteiger partial charge in [-0.25, -0.2) is 8.78 Å². The van der Waals surface area contributed by atoms with Crippen LogP contribution in [-0.2, 0) is 4.79 Å². The number of carbonyl (C=O) groups excluding carboxylic acids is 2. The predicted molar refractivity (Wildman–Crippen MR) is 140 cm³/mol. The van der Waals surface area contributed by atoms with E-state index in [4.69, 9.17) is 4.74 Å². The molecule has 200 valence electrons. The maximum absolute atomic E-state index is 15.0. The van der Waals surface area contributed by atoms with Crippen LogP contribution >= 0.6 is 0 Å². The molecule has 0 bridgehead atoms. The fraction of sp³-hybridized carbons (Fsp3) is 0.517. The summed E-state index contributed by atoms with van der Waals surface area (Å²) in [6, 6.07) is 11.6. The van der Waals surface area contributed by atoms with E-state index in [1.807, 2.05) is 0 Å². The fourth-order valence-electron chi connectivity index (χ4n) is 5.13. The number of benzene rings is 2. The van der Waals surface area contributed by atoms with E-state index >= 15 is 0 Å². The molecule has 0 aromatic heterocycles. The van der Waals surface area contributed by atoms with E-state index in [9.17, 15) is 18.4 Å². The Hall–Kier alpha value is -2.84. The average molecular weight is 514 g/mol. The third kappa shape index (κ3) is 7.58. The number of hydrogen-bond donors (Lipinski definition) is 2. The lowest BCUT2D eigenvalue weighted by Crippen LogP contribution is -2.41. The summed E-state index contributed by atoms with van der Waals surface area (Å²) in [5.41, 5.74) is 0.190. The number of nitrogens with one attached hydrogen (secondary N) is 2. The molecule has 8 heteroatoms. The average Bonchev–Trinajstić information content (AvgIpc) is 2.88. The smallest absolute Gasteiger partial charge is 0.258 e. The van der Waals surface area contributed by atoms with Crippen molar-refractivity contribution in [3.05, 3.63) is 53.8 Å². The van der Waals surface area contributed by atoms with Gasteiger partial charge in [0.05, 0.1) is 6.61 Å². The summed E-state index contributed by atoms with van der Waals surface area (Å²) < 4.78 is 34.7. The number of nitrogens with zero attached hydrogens (tertiary/aromatic N) is 1. The Morgan fingerprint density at radius 2 is 1.78 bits per heavy atom. The molecule has 0 unspecified atom stereocenters. The van der Waals surface area contributed by atoms with Crippen molar-refractivity contribution in [1.82, 2.24) is 15.5 Å². The third-order valence-corrected chi connectivity index (χ3v) is 7.14. The number of rotatable bonds is 8. The van der Waals surface area contributed by atoms with Crippen LogP contribution in [0.2, 0.25) is 0 Å². The van der Waals surface area contributed by atoms with Crippen LogP contribution in [0.3, 0.4) is 0 Å². The summed E-state index contributed by atoms with van der Waals surface area (Å²) in [5.74, 6) is -0.985. The van der Waals surface area contributed by atoms with E-state index in [-0.39, 0.29) is 17.6 Å². The second kappa shape index (κ2) is 12.1. The van der Waals surface area contributed by atoms with E-state index < -0.39 is 17.4 Å². The van der Waals surface area contributed by atoms with Crippen LogP contribution in [0.15, 0.2) is 42.5 Å². The molecular formula is C29H37F2N3O3. The van der Waals surface area contributed by atoms with Crippen LogP contribution in [0, 0.1) is 17.7 Å². The Morgan fingerprint density at radius 3 is 2.46 bits per heavy atom. The Labute approximate surface area is 217 Å². The van der Waals surface area contributed by atoms with E-state index in [0.717, 1.165) is 39.0 Å². The highest BCUT2D eigenvalue weighted by molar-refractivity contribution is 6.08. The van der Waals surface area contributed by atoms with Crippen molar-refractivity contribution < 1.29 is 23.1 Å². The Morgan fingerprint density at radius 1 is 1.08 bits per heavy atom. The molecule has 0 atom stereocenters. The summed E-state index contributed by atoms with van der Waals surface area (Å²) in [6.07, 6.45) is 3.16. The molecule has 0 aliphatic carbocycles. The van der Waals surface area contributed by atoms with E-state index in [1.165, 1.54) is 6.07 Å². The van der Waals surface area contributed by atoms with Crippen molar-refractivity contribution in [3.8, 4) is 16.9 Å². The Balaban J connectivity index is 1.36. The van der Waals surface area contributed by atoms with Crippen molar-refractivity contribution in [1.29, 1.82) is 0 Å². The molecule has 2 aromatic rings. The third-order valence-electron chi connectivity index (χ3n) is 7.14. The van der Waals surface area contributed by atoms with Crippen LogP contribution in [0.1, 0.15) is 49.9 Å². The molecule has 6 nitrogen and oxygen atoms in total. The van der Waals surface area contributed by atoms with Gasteiger partial charge in [-0.2, -0.15) is 0 Å². The molecule has 2 heterocycles. The Kier molecular flexibility index (Phi) is 8.92. The van der Waals surface area contributed by atoms with E-state index in [1.54, 1.807) is 50.2 Å². The quantitative estimate of drug-likeness (QED) is 0.506. The summed E-state index contributed by atoms with van der Waals surface area (Å²) in [7, 11) is 0. The summed E-state index contributed by atoms with van der Waals surface area (Å²) in [4.78, 5) is 27.6. The highest BCUT2D eigenvalue weighted by atomic mass is 19.1. The molecule has 2 aliphatic heterocycles. The van der Waals surface area contributed by atoms with Crippen molar-refractivity contribution in [3.63, 3.8) is 0 Å². The van der Waals surface area contributed by atoms with Gasteiger partial charge in [0, 0.05) is 18.0 Å². The Bertz CT molecular complexity index is 1090. The SMILES string of the molecule is CC(C)(F)CN1CCC(COc2ccc(-c3ccccc3C(=O)NC(=O)C3CCNCC3)cc2F)CC1. The number of halogens is 2. The number of likely N-dealkylation sites (tertiary alicyclic amines) is 1. The minimum absolute atomic E-state index is 0.166. The number of ether oxygens (including phenoxy) is 1. The predicted octanol–water partition coefficient (Wildman–Crippen LogP) is 4.59. The second-order valence-corrected chi connectivity index (χ2v) is 10.8. The lowest BCUT2D eigenvalue weighted by Gasteiger charge is -2.34. The van der Waals surface area contributed by atoms with Gasteiger partial charge in [0.1, 0.15) is 5.67 Å². The lowest BCUT2D eigenvalue weighted by molar-refractivity contribution is -0.124. The van der Waals surface area contributed by atoms with Gasteiger partial charge >= 0.3 is 0 Å². The van der Waals surface area contributed by atoms with Crippen LogP contribution in [0.4, 0.5) is 8.78 Å². The van der Waals surface area contributed by atoms with Crippen molar-refractivity contribution >= 4 is 11.8 Å². The molecule has 2 fully saturated rings. The lowest BCUT2D eigenvalue weighted by atomic mass is 9.96. The molecule has 2 aromatic carbocycles. The van der Waals surface area contributed by atoms with E-state index in [0.29, 0.717) is 48.6 Å². The summed E-state index contributed by atoms with van der Waals surface area (Å²) >= 11 is 0. The molecule has 2 aliphatic rings. The molecule has 37 heavy (non-hydrogen) atoms. The van der Waals surface area contributed by atoms with Crippen molar-refractivity contribution in [2.75, 3.05) is 39.3 Å². The van der Waals surface area contributed by atoms with Gasteiger partial charge in [0.2, 0.25) is 5.91 Å². The second-order valence-electron chi connectivity index (χ2n) is 10.8. The van der Waals surface area contributed by atoms with E-state index in [2.05, 4.69) is 15.5 Å². The zero-order valence-electron chi connectivity index (χ0n) is 21.7. The molecule has 2 N–H and O–H groups in total. The summed E-state index contributed by atoms with van der Waals surface area (Å²) in [5, 5.41) is 5.73. The first-order chi connectivity index (χ1) is 17.7. The topological polar surface area (TPSA) is 70.7 Å². The highest BCUT2D eigenvalue weighted by Gasteiger charge is 2.26. The maximum atomic E-state index is 15.0. The fourth-order valence-corrected chi connectivity index (χ4v) is 5.13. The first-order valence-electron chi connectivity index (χ1n) is 13.2. The van der Waals surface area contributed by atoms with Gasteiger partial charge in [-0.15, -0.1) is 0 Å². The van der Waals surface area contributed by atoms with Gasteiger partial charge in [-0.3, -0.25) is 14.9 Å². The summed E-state index contributed by atoms with van der Waals surface area (Å²) in [6.45, 7) is 7.14. The number of hydrogen-bond acceptors (Lipinski definition) is 5. The van der Waals surface area contributed by atoms with Crippen molar-refractivity contribution in [2.24, 2.45) is 11.8 Å². The number of imide groups is 1. The van der Waals surface area contributed by atoms with Crippen molar-refractivity contribution in [2.45, 2.75) is 45.2 Å². The maximum Gasteiger partial charge on any atom is 0.258 e. The number of alkyl halides is 1. The minimum atomic E-state index is -1.21. The molecule has 2 saturated heterocycles. The normalized spacial score (nSPS) is 17.9. The van der Waals surface area contributed by atoms with Gasteiger partial charge in [0.25, 0.3) is 5.91 Å². The van der Waals surface area contributed by atoms with Gasteiger partial charge in [-0.05, 0) is 101 Å². The monoisotopic (exact) mass is 513 g/mol. The molecule has 0 saturated carbocycles. The highest BCUT2D eigenvalue weighted by Crippen LogP contribution is 2.29.